The van der Waals surface area contributed by atoms with Crippen LogP contribution in [0.25, 0.3) is 0 Å². The fourth-order valence-electron chi connectivity index (χ4n) is 1.02. The average Bonchev–Trinajstić information content (AvgIpc) is 2.07. The van der Waals surface area contributed by atoms with Gasteiger partial charge in [-0.1, -0.05) is 0 Å². The molecule has 0 saturated heterocycles. The third-order valence-corrected chi connectivity index (χ3v) is 2.49. The summed E-state index contributed by atoms with van der Waals surface area (Å²) in [6.45, 7) is 1.32. The first-order chi connectivity index (χ1) is 6.43. The van der Waals surface area contributed by atoms with Crippen molar-refractivity contribution in [3.05, 3.63) is 32.3 Å². The van der Waals surface area contributed by atoms with Crippen molar-refractivity contribution in [3.63, 3.8) is 0 Å². The van der Waals surface area contributed by atoms with Gasteiger partial charge in [0.2, 0.25) is 0 Å². The van der Waals surface area contributed by atoms with Gasteiger partial charge < -0.3 is 5.73 Å². The Labute approximate surface area is 88.2 Å². The van der Waals surface area contributed by atoms with E-state index in [-0.39, 0.29) is 27.2 Å². The van der Waals surface area contributed by atoms with Crippen molar-refractivity contribution >= 4 is 33.1 Å². The number of nitrogens with two attached hydrogens (primary N) is 1. The largest absolute Gasteiger partial charge is 0.399 e. The number of nitro groups is 1. The Morgan fingerprint density at radius 3 is 2.57 bits per heavy atom. The highest BCUT2D eigenvalue weighted by molar-refractivity contribution is 9.10. The Morgan fingerprint density at radius 2 is 2.14 bits per heavy atom. The van der Waals surface area contributed by atoms with E-state index in [0.717, 1.165) is 0 Å². The second-order valence-electron chi connectivity index (χ2n) is 2.71. The summed E-state index contributed by atoms with van der Waals surface area (Å²) in [5.41, 5.74) is 5.65. The average molecular weight is 259 g/mol. The number of halogens is 1. The third-order valence-electron chi connectivity index (χ3n) is 1.65. The van der Waals surface area contributed by atoms with Crippen LogP contribution < -0.4 is 5.73 Å². The molecule has 0 bridgehead atoms. The second-order valence-corrected chi connectivity index (χ2v) is 3.51. The number of nitrogen functional groups attached to an aromatic ring is 1. The number of Topliss-reactive ketones (excluding diaryl/α,β-unsaturated/α-hetero) is 1. The maximum absolute atomic E-state index is 11.1. The zero-order chi connectivity index (χ0) is 10.9. The summed E-state index contributed by atoms with van der Waals surface area (Å²) in [5.74, 6) is -0.271. The fraction of sp³-hybridized carbons (Fsp3) is 0.125. The molecule has 0 aliphatic rings. The minimum Gasteiger partial charge on any atom is -0.399 e. The minimum atomic E-state index is -0.590. The number of carbonyl (C=O) groups is 1. The predicted molar refractivity (Wildman–Crippen MR) is 55.2 cm³/mol. The highest BCUT2D eigenvalue weighted by Crippen LogP contribution is 2.31. The van der Waals surface area contributed by atoms with Crippen LogP contribution in [-0.2, 0) is 0 Å². The van der Waals surface area contributed by atoms with Gasteiger partial charge in [0, 0.05) is 17.3 Å². The van der Waals surface area contributed by atoms with Crippen LogP contribution in [-0.4, -0.2) is 10.7 Å². The smallest absolute Gasteiger partial charge is 0.286 e. The van der Waals surface area contributed by atoms with Gasteiger partial charge in [0.25, 0.3) is 5.69 Å². The minimum absolute atomic E-state index is 0.171. The molecule has 0 aliphatic carbocycles. The van der Waals surface area contributed by atoms with Crippen LogP contribution in [0, 0.1) is 10.1 Å². The highest BCUT2D eigenvalue weighted by atomic mass is 79.9. The van der Waals surface area contributed by atoms with Crippen molar-refractivity contribution in [2.24, 2.45) is 0 Å². The number of nitrogens with zero attached hydrogens (tertiary/aromatic N) is 1. The van der Waals surface area contributed by atoms with Crippen molar-refractivity contribution in [1.82, 2.24) is 0 Å². The lowest BCUT2D eigenvalue weighted by Crippen LogP contribution is -2.00. The van der Waals surface area contributed by atoms with Crippen molar-refractivity contribution in [3.8, 4) is 0 Å². The maximum Gasteiger partial charge on any atom is 0.286 e. The molecule has 14 heavy (non-hydrogen) atoms. The van der Waals surface area contributed by atoms with Crippen molar-refractivity contribution < 1.29 is 9.72 Å². The van der Waals surface area contributed by atoms with Gasteiger partial charge in [-0.2, -0.15) is 0 Å². The van der Waals surface area contributed by atoms with E-state index in [0.29, 0.717) is 0 Å². The molecule has 0 atom stereocenters. The summed E-state index contributed by atoms with van der Waals surface area (Å²) in [7, 11) is 0. The summed E-state index contributed by atoms with van der Waals surface area (Å²) >= 11 is 3.00. The number of anilines is 1. The molecule has 0 aromatic heterocycles. The van der Waals surface area contributed by atoms with Crippen LogP contribution >= 0.6 is 15.9 Å². The Hall–Kier alpha value is -1.43. The molecule has 0 unspecified atom stereocenters. The molecule has 1 rings (SSSR count). The van der Waals surface area contributed by atoms with E-state index >= 15 is 0 Å². The molecule has 0 radical (unpaired) electrons. The van der Waals surface area contributed by atoms with E-state index in [1.54, 1.807) is 0 Å². The van der Waals surface area contributed by atoms with E-state index in [2.05, 4.69) is 15.9 Å². The third kappa shape index (κ3) is 1.90. The molecule has 0 amide bonds. The fourth-order valence-corrected chi connectivity index (χ4v) is 1.67. The summed E-state index contributed by atoms with van der Waals surface area (Å²) in [5, 5.41) is 10.6. The number of carbonyl (C=O) groups excluding carboxylic acids is 1. The SMILES string of the molecule is CC(=O)c1cc(N)cc([N+](=O)[O-])c1Br. The first-order valence-corrected chi connectivity index (χ1v) is 4.47. The summed E-state index contributed by atoms with van der Waals surface area (Å²) < 4.78 is 0.171. The molecule has 1 aromatic rings. The van der Waals surface area contributed by atoms with Gasteiger partial charge in [0.15, 0.2) is 5.78 Å². The van der Waals surface area contributed by atoms with Gasteiger partial charge in [-0.05, 0) is 28.9 Å². The molecule has 5 nitrogen and oxygen atoms in total. The molecular formula is C8H7BrN2O3. The van der Waals surface area contributed by atoms with E-state index in [1.807, 2.05) is 0 Å². The summed E-state index contributed by atoms with van der Waals surface area (Å²) in [4.78, 5) is 21.1. The molecule has 2 N–H and O–H groups in total. The van der Waals surface area contributed by atoms with Gasteiger partial charge >= 0.3 is 0 Å². The lowest BCUT2D eigenvalue weighted by atomic mass is 10.1. The predicted octanol–water partition coefficient (Wildman–Crippen LogP) is 2.14. The molecule has 0 aliphatic heterocycles. The Bertz CT molecular complexity index is 382. The van der Waals surface area contributed by atoms with Gasteiger partial charge in [0.1, 0.15) is 4.47 Å². The Kier molecular flexibility index (Phi) is 2.85. The molecular weight excluding hydrogens is 252 g/mol. The molecule has 74 valence electrons. The number of benzene rings is 1. The Balaban J connectivity index is 3.47. The maximum atomic E-state index is 11.1. The molecule has 1 aromatic carbocycles. The van der Waals surface area contributed by atoms with Gasteiger partial charge in [-0.3, -0.25) is 14.9 Å². The number of hydrogen-bond donors (Lipinski definition) is 1. The summed E-state index contributed by atoms with van der Waals surface area (Å²) in [6.07, 6.45) is 0. The van der Waals surface area contributed by atoms with Crippen molar-refractivity contribution in [1.29, 1.82) is 0 Å². The number of ketones is 1. The van der Waals surface area contributed by atoms with Gasteiger partial charge in [0.05, 0.1) is 4.92 Å². The highest BCUT2D eigenvalue weighted by Gasteiger charge is 2.18. The van der Waals surface area contributed by atoms with Crippen LogP contribution in [0.3, 0.4) is 0 Å². The zero-order valence-electron chi connectivity index (χ0n) is 7.28. The molecule has 0 heterocycles. The van der Waals surface area contributed by atoms with Crippen LogP contribution in [0.1, 0.15) is 17.3 Å². The van der Waals surface area contributed by atoms with Crippen LogP contribution in [0.5, 0.6) is 0 Å². The van der Waals surface area contributed by atoms with Crippen molar-refractivity contribution in [2.75, 3.05) is 5.73 Å². The lowest BCUT2D eigenvalue weighted by Gasteiger charge is -2.02. The van der Waals surface area contributed by atoms with E-state index in [1.165, 1.54) is 19.1 Å². The second kappa shape index (κ2) is 3.75. The van der Waals surface area contributed by atoms with Crippen LogP contribution in [0.15, 0.2) is 16.6 Å². The molecule has 0 saturated carbocycles. The van der Waals surface area contributed by atoms with Crippen molar-refractivity contribution in [2.45, 2.75) is 6.92 Å². The van der Waals surface area contributed by atoms with E-state index in [9.17, 15) is 14.9 Å². The quantitative estimate of drug-likeness (QED) is 0.381. The van der Waals surface area contributed by atoms with Gasteiger partial charge in [-0.15, -0.1) is 0 Å². The number of rotatable bonds is 2. The van der Waals surface area contributed by atoms with Crippen LogP contribution in [0.2, 0.25) is 0 Å². The van der Waals surface area contributed by atoms with E-state index in [4.69, 9.17) is 5.73 Å². The number of nitro benzene ring substituents is 1. The first kappa shape index (κ1) is 10.6. The topological polar surface area (TPSA) is 86.2 Å². The van der Waals surface area contributed by atoms with E-state index < -0.39 is 4.92 Å². The van der Waals surface area contributed by atoms with Crippen LogP contribution in [0.4, 0.5) is 11.4 Å². The van der Waals surface area contributed by atoms with Gasteiger partial charge in [-0.25, -0.2) is 0 Å². The Morgan fingerprint density at radius 1 is 1.57 bits per heavy atom. The summed E-state index contributed by atoms with van der Waals surface area (Å²) in [6, 6.07) is 2.61. The monoisotopic (exact) mass is 258 g/mol. The molecule has 0 spiro atoms. The standard InChI is InChI=1S/C8H7BrN2O3/c1-4(12)6-2-5(10)3-7(8(6)9)11(13)14/h2-3H,10H2,1H3. The zero-order valence-corrected chi connectivity index (χ0v) is 8.87. The molecule has 6 heteroatoms. The lowest BCUT2D eigenvalue weighted by molar-refractivity contribution is -0.385. The normalized spacial score (nSPS) is 9.86. The molecule has 0 fully saturated rings. The first-order valence-electron chi connectivity index (χ1n) is 3.68. The number of hydrogen-bond acceptors (Lipinski definition) is 4.